The lowest BCUT2D eigenvalue weighted by Crippen LogP contribution is -2.49. The molecule has 0 bridgehead atoms. The minimum absolute atomic E-state index is 0.0258. The van der Waals surface area contributed by atoms with Crippen LogP contribution in [-0.4, -0.2) is 101 Å². The summed E-state index contributed by atoms with van der Waals surface area (Å²) >= 11 is 1.18. The molecule has 15 heteroatoms. The number of ether oxygens (including phenoxy) is 2. The van der Waals surface area contributed by atoms with Crippen LogP contribution in [0, 0.1) is 0 Å². The molecule has 0 heterocycles. The van der Waals surface area contributed by atoms with Crippen molar-refractivity contribution in [1.82, 2.24) is 10.6 Å². The number of carbonyl (C=O) groups excluding carboxylic acids is 3. The number of para-hydroxylation sites is 2. The van der Waals surface area contributed by atoms with Crippen molar-refractivity contribution in [3.8, 4) is 5.75 Å². The number of nitrogens with one attached hydrogen (secondary N) is 3. The van der Waals surface area contributed by atoms with Crippen LogP contribution in [0.2, 0.25) is 0 Å². The largest absolute Gasteiger partial charge is 0.489 e. The quantitative estimate of drug-likeness (QED) is 0.0972. The zero-order chi connectivity index (χ0) is 29.2. The summed E-state index contributed by atoms with van der Waals surface area (Å²) in [5.74, 6) is -3.55. The number of rotatable bonds is 20. The van der Waals surface area contributed by atoms with E-state index in [4.69, 9.17) is 25.4 Å². The number of carbonyl (C=O) groups is 5. The smallest absolute Gasteiger partial charge is 0.322 e. The molecule has 1 aromatic rings. The number of thioether (sulfide) groups is 1. The number of carboxylic acids is 2. The van der Waals surface area contributed by atoms with Crippen molar-refractivity contribution in [2.45, 2.75) is 44.4 Å². The molecule has 0 radical (unpaired) electrons. The van der Waals surface area contributed by atoms with Crippen molar-refractivity contribution in [2.75, 3.05) is 43.2 Å². The minimum atomic E-state index is -1.27. The van der Waals surface area contributed by atoms with Gasteiger partial charge in [-0.25, -0.2) is 0 Å². The van der Waals surface area contributed by atoms with Gasteiger partial charge >= 0.3 is 11.9 Å². The van der Waals surface area contributed by atoms with Gasteiger partial charge in [0.25, 0.3) is 0 Å². The predicted octanol–water partition coefficient (Wildman–Crippen LogP) is -0.598. The maximum absolute atomic E-state index is 12.5. The molecule has 3 amide bonds. The van der Waals surface area contributed by atoms with Crippen molar-refractivity contribution >= 4 is 47.1 Å². The van der Waals surface area contributed by atoms with E-state index in [9.17, 15) is 29.1 Å². The molecule has 218 valence electrons. The maximum Gasteiger partial charge on any atom is 0.322 e. The Balaban J connectivity index is 2.59. The highest BCUT2D eigenvalue weighted by Crippen LogP contribution is 2.24. The van der Waals surface area contributed by atoms with Crippen LogP contribution in [0.3, 0.4) is 0 Å². The molecule has 1 aromatic carbocycles. The van der Waals surface area contributed by atoms with Gasteiger partial charge in [0, 0.05) is 31.0 Å². The highest BCUT2D eigenvalue weighted by atomic mass is 32.2. The van der Waals surface area contributed by atoms with Gasteiger partial charge < -0.3 is 46.5 Å². The number of benzene rings is 1. The molecule has 0 fully saturated rings. The fraction of sp³-hybridized carbons (Fsp3) is 0.542. The van der Waals surface area contributed by atoms with Crippen molar-refractivity contribution in [3.63, 3.8) is 0 Å². The number of aliphatic hydroxyl groups is 1. The molecule has 0 spiro atoms. The lowest BCUT2D eigenvalue weighted by molar-refractivity contribution is -0.139. The molecule has 1 rings (SSSR count). The Kier molecular flexibility index (Phi) is 16.2. The van der Waals surface area contributed by atoms with Crippen LogP contribution in [0.5, 0.6) is 5.75 Å². The second-order valence-corrected chi connectivity index (χ2v) is 9.36. The van der Waals surface area contributed by atoms with Gasteiger partial charge in [-0.3, -0.25) is 24.0 Å². The van der Waals surface area contributed by atoms with E-state index in [0.29, 0.717) is 18.0 Å². The number of aliphatic hydroxyl groups excluding tert-OH is 1. The number of amides is 3. The van der Waals surface area contributed by atoms with E-state index in [0.717, 1.165) is 0 Å². The topological polar surface area (TPSA) is 227 Å². The number of hydrogen-bond donors (Lipinski definition) is 7. The van der Waals surface area contributed by atoms with Crippen LogP contribution in [-0.2, 0) is 28.7 Å². The van der Waals surface area contributed by atoms with E-state index in [1.54, 1.807) is 24.3 Å². The lowest BCUT2D eigenvalue weighted by atomic mass is 10.1. The second kappa shape index (κ2) is 18.8. The van der Waals surface area contributed by atoms with E-state index in [2.05, 4.69) is 16.0 Å². The fourth-order valence-corrected chi connectivity index (χ4v) is 3.87. The first kappa shape index (κ1) is 33.6. The summed E-state index contributed by atoms with van der Waals surface area (Å²) in [6.07, 6.45) is -1.17. The number of hydrogen-bond acceptors (Lipinski definition) is 10. The molecule has 0 saturated carbocycles. The van der Waals surface area contributed by atoms with Crippen molar-refractivity contribution in [2.24, 2.45) is 5.73 Å². The Hall–Kier alpha value is -3.40. The lowest BCUT2D eigenvalue weighted by Gasteiger charge is -2.18. The monoisotopic (exact) mass is 572 g/mol. The van der Waals surface area contributed by atoms with Crippen LogP contribution >= 0.6 is 11.8 Å². The van der Waals surface area contributed by atoms with Crippen molar-refractivity contribution in [3.05, 3.63) is 24.3 Å². The highest BCUT2D eigenvalue weighted by Gasteiger charge is 2.22. The SMILES string of the molecule is CCOCC(O)COc1ccccc1NC(=O)CCSCC(NC(=O)CCC(N)C(=O)O)C(=O)NCC(=O)O. The van der Waals surface area contributed by atoms with Crippen LogP contribution in [0.25, 0.3) is 0 Å². The van der Waals surface area contributed by atoms with Gasteiger partial charge in [0.15, 0.2) is 0 Å². The van der Waals surface area contributed by atoms with Crippen LogP contribution < -0.4 is 26.4 Å². The third-order valence-electron chi connectivity index (χ3n) is 4.93. The van der Waals surface area contributed by atoms with Crippen molar-refractivity contribution < 1.29 is 48.8 Å². The molecule has 3 unspecified atom stereocenters. The number of anilines is 1. The number of nitrogens with two attached hydrogens (primary N) is 1. The molecular formula is C24H36N4O10S. The summed E-state index contributed by atoms with van der Waals surface area (Å²) in [5, 5.41) is 34.9. The van der Waals surface area contributed by atoms with Gasteiger partial charge in [0.05, 0.1) is 12.3 Å². The normalized spacial score (nSPS) is 13.0. The average Bonchev–Trinajstić information content (AvgIpc) is 2.90. The highest BCUT2D eigenvalue weighted by molar-refractivity contribution is 7.99. The van der Waals surface area contributed by atoms with Gasteiger partial charge in [0.2, 0.25) is 17.7 Å². The molecular weight excluding hydrogens is 536 g/mol. The summed E-state index contributed by atoms with van der Waals surface area (Å²) in [5.41, 5.74) is 5.80. The Morgan fingerprint density at radius 1 is 1.05 bits per heavy atom. The fourth-order valence-electron chi connectivity index (χ4n) is 2.91. The molecule has 0 aliphatic heterocycles. The summed E-state index contributed by atoms with van der Waals surface area (Å²) < 4.78 is 10.7. The Morgan fingerprint density at radius 2 is 1.77 bits per heavy atom. The maximum atomic E-state index is 12.5. The third kappa shape index (κ3) is 14.9. The summed E-state index contributed by atoms with van der Waals surface area (Å²) in [4.78, 5) is 58.6. The van der Waals surface area contributed by atoms with Crippen LogP contribution in [0.1, 0.15) is 26.2 Å². The first-order valence-electron chi connectivity index (χ1n) is 12.2. The zero-order valence-corrected chi connectivity index (χ0v) is 22.4. The summed E-state index contributed by atoms with van der Waals surface area (Å²) in [6.45, 7) is 1.72. The first-order valence-corrected chi connectivity index (χ1v) is 13.3. The predicted molar refractivity (Wildman–Crippen MR) is 142 cm³/mol. The molecule has 0 aliphatic carbocycles. The van der Waals surface area contributed by atoms with E-state index >= 15 is 0 Å². The second-order valence-electron chi connectivity index (χ2n) is 8.21. The van der Waals surface area contributed by atoms with Gasteiger partial charge in [-0.05, 0) is 25.5 Å². The molecule has 39 heavy (non-hydrogen) atoms. The van der Waals surface area contributed by atoms with Gasteiger partial charge in [0.1, 0.15) is 37.1 Å². The summed E-state index contributed by atoms with van der Waals surface area (Å²) in [7, 11) is 0. The molecule has 8 N–H and O–H groups in total. The van der Waals surface area contributed by atoms with Gasteiger partial charge in [-0.1, -0.05) is 12.1 Å². The molecule has 0 saturated heterocycles. The molecule has 0 aliphatic rings. The van der Waals surface area contributed by atoms with E-state index in [-0.39, 0.29) is 49.9 Å². The molecule has 3 atom stereocenters. The van der Waals surface area contributed by atoms with Gasteiger partial charge in [-0.15, -0.1) is 0 Å². The van der Waals surface area contributed by atoms with Crippen LogP contribution in [0.4, 0.5) is 5.69 Å². The first-order chi connectivity index (χ1) is 18.5. The standard InChI is InChI=1S/C24H36N4O10S/c1-2-37-12-15(29)13-38-19-6-4-3-5-17(19)27-21(31)9-10-39-14-18(23(34)26-11-22(32)33)28-20(30)8-7-16(25)24(35)36/h3-6,15-16,18,29H,2,7-14,25H2,1H3,(H,26,34)(H,27,31)(H,28,30)(H,32,33)(H,35,36). The van der Waals surface area contributed by atoms with Crippen LogP contribution in [0.15, 0.2) is 24.3 Å². The molecule has 14 nitrogen and oxygen atoms in total. The Labute approximate surface area is 230 Å². The van der Waals surface area contributed by atoms with E-state index in [1.807, 2.05) is 6.92 Å². The summed E-state index contributed by atoms with van der Waals surface area (Å²) in [6, 6.07) is 4.37. The number of carboxylic acid groups (broad SMARTS) is 2. The van der Waals surface area contributed by atoms with E-state index < -0.39 is 48.5 Å². The third-order valence-corrected chi connectivity index (χ3v) is 5.99. The van der Waals surface area contributed by atoms with Gasteiger partial charge in [-0.2, -0.15) is 11.8 Å². The van der Waals surface area contributed by atoms with E-state index in [1.165, 1.54) is 11.8 Å². The van der Waals surface area contributed by atoms with Crippen molar-refractivity contribution in [1.29, 1.82) is 0 Å². The Morgan fingerprint density at radius 3 is 2.44 bits per heavy atom. The zero-order valence-electron chi connectivity index (χ0n) is 21.6. The minimum Gasteiger partial charge on any atom is -0.489 e. The number of aliphatic carboxylic acids is 2. The molecule has 0 aromatic heterocycles. The average molecular weight is 573 g/mol. The Bertz CT molecular complexity index is 965.